The van der Waals surface area contributed by atoms with Crippen molar-refractivity contribution >= 4 is 32.5 Å². The van der Waals surface area contributed by atoms with E-state index in [9.17, 15) is 13.7 Å². The minimum Gasteiger partial charge on any atom is -0.264 e. The lowest BCUT2D eigenvalue weighted by molar-refractivity contribution is 0.340. The fourth-order valence-corrected chi connectivity index (χ4v) is 5.27. The molecule has 1 aliphatic heterocycles. The minimum atomic E-state index is -4.09. The molecule has 1 heterocycles. The molecule has 148 valence electrons. The molecule has 0 bridgehead atoms. The monoisotopic (exact) mass is 424 g/mol. The minimum absolute atomic E-state index is 0.119. The summed E-state index contributed by atoms with van der Waals surface area (Å²) in [5, 5.41) is 15.7. The molecule has 0 spiro atoms. The van der Waals surface area contributed by atoms with Gasteiger partial charge in [0.1, 0.15) is 16.0 Å². The van der Waals surface area contributed by atoms with Crippen LogP contribution in [0.1, 0.15) is 27.8 Å². The molecule has 0 saturated carbocycles. The van der Waals surface area contributed by atoms with Gasteiger partial charge in [-0.3, -0.25) is 4.28 Å². The van der Waals surface area contributed by atoms with Crippen molar-refractivity contribution in [2.45, 2.75) is 32.6 Å². The van der Waals surface area contributed by atoms with Gasteiger partial charge in [0.15, 0.2) is 0 Å². The van der Waals surface area contributed by atoms with E-state index in [0.29, 0.717) is 27.3 Å². The Morgan fingerprint density at radius 3 is 2.34 bits per heavy atom. The van der Waals surface area contributed by atoms with Gasteiger partial charge in [0.2, 0.25) is 0 Å². The van der Waals surface area contributed by atoms with Crippen molar-refractivity contribution in [3.63, 3.8) is 0 Å². The van der Waals surface area contributed by atoms with Crippen molar-refractivity contribution in [3.05, 3.63) is 81.3 Å². The first-order valence-electron chi connectivity index (χ1n) is 8.88. The summed E-state index contributed by atoms with van der Waals surface area (Å²) in [5.41, 5.74) is 4.87. The number of benzene rings is 2. The number of allylic oxidation sites excluding steroid dienone is 2. The first-order chi connectivity index (χ1) is 13.7. The molecule has 3 rings (SSSR count). The van der Waals surface area contributed by atoms with Crippen LogP contribution in [-0.4, -0.2) is 13.5 Å². The smallest absolute Gasteiger partial charge is 0.264 e. The summed E-state index contributed by atoms with van der Waals surface area (Å²) in [4.78, 5) is 0.119. The lowest BCUT2D eigenvalue weighted by Crippen LogP contribution is -2.09. The van der Waals surface area contributed by atoms with Crippen LogP contribution in [0.5, 0.6) is 0 Å². The first-order valence-corrected chi connectivity index (χ1v) is 11.2. The number of rotatable bonds is 4. The third kappa shape index (κ3) is 4.29. The molecule has 0 unspecified atom stereocenters. The Hall–Kier alpha value is -2.82. The molecular formula is C22H20N2O3S2. The Kier molecular flexibility index (Phi) is 5.96. The highest BCUT2D eigenvalue weighted by Crippen LogP contribution is 2.32. The molecule has 0 aromatic heterocycles. The summed E-state index contributed by atoms with van der Waals surface area (Å²) in [7, 11) is -4.09. The van der Waals surface area contributed by atoms with Gasteiger partial charge in [-0.2, -0.15) is 13.7 Å². The van der Waals surface area contributed by atoms with Gasteiger partial charge < -0.3 is 0 Å². The lowest BCUT2D eigenvalue weighted by atomic mass is 9.97. The lowest BCUT2D eigenvalue weighted by Gasteiger charge is -2.11. The molecule has 0 fully saturated rings. The van der Waals surface area contributed by atoms with Crippen LogP contribution in [0, 0.1) is 39.0 Å². The van der Waals surface area contributed by atoms with Crippen LogP contribution in [0.15, 0.2) is 63.5 Å². The average Bonchev–Trinajstić information content (AvgIpc) is 3.09. The van der Waals surface area contributed by atoms with Crippen LogP contribution in [0.4, 0.5) is 0 Å². The summed E-state index contributed by atoms with van der Waals surface area (Å²) in [6, 6.07) is 13.3. The molecule has 29 heavy (non-hydrogen) atoms. The molecule has 2 aromatic rings. The van der Waals surface area contributed by atoms with E-state index >= 15 is 0 Å². The summed E-state index contributed by atoms with van der Waals surface area (Å²) >= 11 is 1.21. The molecule has 0 radical (unpaired) electrons. The van der Waals surface area contributed by atoms with Gasteiger partial charge in [0, 0.05) is 5.57 Å². The maximum Gasteiger partial charge on any atom is 0.359 e. The highest BCUT2D eigenvalue weighted by molar-refractivity contribution is 8.17. The van der Waals surface area contributed by atoms with E-state index in [0.717, 1.165) is 16.7 Å². The number of aryl methyl sites for hydroxylation is 4. The van der Waals surface area contributed by atoms with Crippen molar-refractivity contribution < 1.29 is 12.7 Å². The number of nitriles is 1. The maximum absolute atomic E-state index is 12.8. The largest absolute Gasteiger partial charge is 0.359 e. The second-order valence-electron chi connectivity index (χ2n) is 6.79. The second-order valence-corrected chi connectivity index (χ2v) is 9.15. The van der Waals surface area contributed by atoms with E-state index in [1.807, 2.05) is 38.1 Å². The topological polar surface area (TPSA) is 79.5 Å². The third-order valence-corrected chi connectivity index (χ3v) is 6.72. The van der Waals surface area contributed by atoms with Gasteiger partial charge in [0.25, 0.3) is 0 Å². The van der Waals surface area contributed by atoms with Crippen molar-refractivity contribution in [1.82, 2.24) is 0 Å². The van der Waals surface area contributed by atoms with Gasteiger partial charge in [-0.1, -0.05) is 58.9 Å². The standard InChI is InChI=1S/C22H20N2O3S2/c1-14-11-16(3)21(17(4)12-14)29(25,26)27-24-22-19(9-10-28-22)20(13-23)18-8-6-5-7-15(18)2/h5-12H,1-4H3/b20-19+,24-22-. The van der Waals surface area contributed by atoms with Crippen molar-refractivity contribution in [2.24, 2.45) is 5.16 Å². The highest BCUT2D eigenvalue weighted by atomic mass is 32.2. The third-order valence-electron chi connectivity index (χ3n) is 4.51. The highest BCUT2D eigenvalue weighted by Gasteiger charge is 2.24. The fourth-order valence-electron chi connectivity index (χ4n) is 3.36. The SMILES string of the molecule is Cc1cc(C)c(S(=O)(=O)O/N=C2\SC=C\C2=C(\C#N)c2ccccc2C)c(C)c1. The van der Waals surface area contributed by atoms with E-state index < -0.39 is 10.1 Å². The van der Waals surface area contributed by atoms with Crippen LogP contribution in [0.3, 0.4) is 0 Å². The van der Waals surface area contributed by atoms with Crippen molar-refractivity contribution in [1.29, 1.82) is 5.26 Å². The molecule has 0 saturated heterocycles. The Bertz CT molecular complexity index is 1190. The molecule has 0 atom stereocenters. The molecule has 1 aliphatic rings. The summed E-state index contributed by atoms with van der Waals surface area (Å²) in [6.45, 7) is 7.28. The van der Waals surface area contributed by atoms with E-state index in [1.54, 1.807) is 37.5 Å². The Balaban J connectivity index is 2.01. The van der Waals surface area contributed by atoms with Gasteiger partial charge in [-0.15, -0.1) is 0 Å². The average molecular weight is 425 g/mol. The Morgan fingerprint density at radius 1 is 1.07 bits per heavy atom. The number of hydrogen-bond acceptors (Lipinski definition) is 6. The zero-order chi connectivity index (χ0) is 21.2. The van der Waals surface area contributed by atoms with Gasteiger partial charge in [0.05, 0.1) is 5.57 Å². The van der Waals surface area contributed by atoms with E-state index in [-0.39, 0.29) is 4.90 Å². The van der Waals surface area contributed by atoms with E-state index in [2.05, 4.69) is 11.2 Å². The normalized spacial score (nSPS) is 16.7. The van der Waals surface area contributed by atoms with Crippen LogP contribution < -0.4 is 0 Å². The van der Waals surface area contributed by atoms with Gasteiger partial charge in [-0.25, -0.2) is 0 Å². The Morgan fingerprint density at radius 2 is 1.72 bits per heavy atom. The predicted octanol–water partition coefficient (Wildman–Crippen LogP) is 5.18. The van der Waals surface area contributed by atoms with Crippen LogP contribution in [-0.2, 0) is 14.4 Å². The predicted molar refractivity (Wildman–Crippen MR) is 117 cm³/mol. The van der Waals surface area contributed by atoms with Crippen molar-refractivity contribution in [2.75, 3.05) is 0 Å². The molecular weight excluding hydrogens is 404 g/mol. The molecule has 5 nitrogen and oxygen atoms in total. The van der Waals surface area contributed by atoms with Crippen LogP contribution in [0.25, 0.3) is 5.57 Å². The number of thioether (sulfide) groups is 1. The molecule has 0 aliphatic carbocycles. The fraction of sp³-hybridized carbons (Fsp3) is 0.182. The van der Waals surface area contributed by atoms with Crippen LogP contribution >= 0.6 is 11.8 Å². The second kappa shape index (κ2) is 8.27. The van der Waals surface area contributed by atoms with Gasteiger partial charge >= 0.3 is 10.1 Å². The van der Waals surface area contributed by atoms with E-state index in [1.165, 1.54) is 11.8 Å². The number of nitrogens with zero attached hydrogens (tertiary/aromatic N) is 2. The number of oxime groups is 1. The quantitative estimate of drug-likeness (QED) is 0.499. The molecule has 0 amide bonds. The molecule has 0 N–H and O–H groups in total. The van der Waals surface area contributed by atoms with E-state index in [4.69, 9.17) is 4.28 Å². The number of hydrogen-bond donors (Lipinski definition) is 0. The summed E-state index contributed by atoms with van der Waals surface area (Å²) in [6.07, 6.45) is 1.74. The first kappa shape index (κ1) is 20.9. The maximum atomic E-state index is 12.8. The zero-order valence-electron chi connectivity index (χ0n) is 16.6. The van der Waals surface area contributed by atoms with Gasteiger partial charge in [-0.05, 0) is 61.4 Å². The van der Waals surface area contributed by atoms with Crippen molar-refractivity contribution in [3.8, 4) is 6.07 Å². The molecule has 2 aromatic carbocycles. The summed E-state index contributed by atoms with van der Waals surface area (Å²) in [5.74, 6) is 0. The Labute approximate surface area is 175 Å². The zero-order valence-corrected chi connectivity index (χ0v) is 18.2. The summed E-state index contributed by atoms with van der Waals surface area (Å²) < 4.78 is 30.6. The molecule has 7 heteroatoms. The van der Waals surface area contributed by atoms with Crippen LogP contribution in [0.2, 0.25) is 0 Å².